The lowest BCUT2D eigenvalue weighted by Crippen LogP contribution is -2.40. The van der Waals surface area contributed by atoms with Crippen LogP contribution < -0.4 is 24.4 Å². The summed E-state index contributed by atoms with van der Waals surface area (Å²) in [6.45, 7) is 6.91. The van der Waals surface area contributed by atoms with Gasteiger partial charge in [0.05, 0.1) is 28.5 Å². The lowest BCUT2D eigenvalue weighted by molar-refractivity contribution is -0.139. The van der Waals surface area contributed by atoms with Crippen molar-refractivity contribution in [3.05, 3.63) is 96.2 Å². The number of carbonyl (C=O) groups excluding carboxylic acids is 2. The van der Waals surface area contributed by atoms with Crippen LogP contribution in [0.5, 0.6) is 11.5 Å². The first-order chi connectivity index (χ1) is 18.3. The standard InChI is InChI=1S/C29H26N2O6S/c1-5-35-28(34)25-16(2)30-29-31(26(25)19-10-12-22(13-11-19)37-18(4)32)27(33)24(38-29)15-21-14-20-8-6-7-9-23(20)36-17(21)3/h6-15,17,26H,5H2,1-4H3/b24-15-/t17-,26-/m0/s1. The maximum absolute atomic E-state index is 13.8. The van der Waals surface area contributed by atoms with Gasteiger partial charge in [0, 0.05) is 12.5 Å². The maximum atomic E-state index is 13.8. The molecule has 8 nitrogen and oxygen atoms in total. The van der Waals surface area contributed by atoms with Crippen LogP contribution in [0.15, 0.2) is 75.2 Å². The quantitative estimate of drug-likeness (QED) is 0.370. The van der Waals surface area contributed by atoms with E-state index in [0.29, 0.717) is 26.3 Å². The van der Waals surface area contributed by atoms with Crippen LogP contribution in [0, 0.1) is 0 Å². The number of ether oxygens (including phenoxy) is 3. The molecule has 38 heavy (non-hydrogen) atoms. The Morgan fingerprint density at radius 2 is 1.89 bits per heavy atom. The Morgan fingerprint density at radius 3 is 2.61 bits per heavy atom. The average molecular weight is 531 g/mol. The molecule has 0 radical (unpaired) electrons. The van der Waals surface area contributed by atoms with Crippen LogP contribution in [0.3, 0.4) is 0 Å². The number of benzene rings is 2. The molecule has 3 aromatic rings. The van der Waals surface area contributed by atoms with Gasteiger partial charge in [0.15, 0.2) is 4.80 Å². The molecule has 9 heteroatoms. The van der Waals surface area contributed by atoms with E-state index >= 15 is 0 Å². The van der Waals surface area contributed by atoms with Gasteiger partial charge in [-0.25, -0.2) is 9.79 Å². The number of fused-ring (bicyclic) bond motifs is 2. The van der Waals surface area contributed by atoms with Crippen molar-refractivity contribution < 1.29 is 23.8 Å². The fourth-order valence-corrected chi connectivity index (χ4v) is 5.61. The molecule has 2 aliphatic heterocycles. The van der Waals surface area contributed by atoms with Gasteiger partial charge in [0.2, 0.25) is 0 Å². The van der Waals surface area contributed by atoms with Gasteiger partial charge in [-0.2, -0.15) is 0 Å². The second kappa shape index (κ2) is 10.3. The molecular weight excluding hydrogens is 504 g/mol. The summed E-state index contributed by atoms with van der Waals surface area (Å²) in [6.07, 6.45) is 3.60. The first-order valence-corrected chi connectivity index (χ1v) is 13.0. The zero-order chi connectivity index (χ0) is 27.0. The van der Waals surface area contributed by atoms with Crippen molar-refractivity contribution in [1.82, 2.24) is 4.57 Å². The van der Waals surface area contributed by atoms with Crippen LogP contribution in [0.1, 0.15) is 44.9 Å². The predicted molar refractivity (Wildman–Crippen MR) is 144 cm³/mol. The van der Waals surface area contributed by atoms with E-state index in [9.17, 15) is 14.4 Å². The average Bonchev–Trinajstić information content (AvgIpc) is 3.18. The normalized spacial score (nSPS) is 18.5. The minimum Gasteiger partial charge on any atom is -0.485 e. The second-order valence-corrected chi connectivity index (χ2v) is 9.92. The van der Waals surface area contributed by atoms with E-state index in [1.54, 1.807) is 38.1 Å². The first-order valence-electron chi connectivity index (χ1n) is 12.2. The summed E-state index contributed by atoms with van der Waals surface area (Å²) in [6, 6.07) is 13.7. The van der Waals surface area contributed by atoms with Gasteiger partial charge in [-0.3, -0.25) is 14.2 Å². The molecule has 0 fully saturated rings. The van der Waals surface area contributed by atoms with E-state index in [1.807, 2.05) is 43.3 Å². The lowest BCUT2D eigenvalue weighted by Gasteiger charge is -2.24. The number of thiazole rings is 1. The highest BCUT2D eigenvalue weighted by atomic mass is 32.1. The number of carbonyl (C=O) groups is 2. The van der Waals surface area contributed by atoms with Crippen molar-refractivity contribution in [2.24, 2.45) is 4.99 Å². The number of allylic oxidation sites excluding steroid dienone is 1. The van der Waals surface area contributed by atoms with E-state index in [-0.39, 0.29) is 23.8 Å². The summed E-state index contributed by atoms with van der Waals surface area (Å²) < 4.78 is 18.5. The first kappa shape index (κ1) is 25.4. The number of nitrogens with zero attached hydrogens (tertiary/aromatic N) is 2. The molecule has 0 N–H and O–H groups in total. The Hall–Kier alpha value is -4.24. The van der Waals surface area contributed by atoms with Gasteiger partial charge >= 0.3 is 11.9 Å². The van der Waals surface area contributed by atoms with Crippen LogP contribution in [0.4, 0.5) is 0 Å². The minimum atomic E-state index is -0.756. The fraction of sp³-hybridized carbons (Fsp3) is 0.241. The Bertz CT molecular complexity index is 1680. The number of hydrogen-bond acceptors (Lipinski definition) is 8. The van der Waals surface area contributed by atoms with E-state index in [4.69, 9.17) is 14.2 Å². The summed E-state index contributed by atoms with van der Waals surface area (Å²) in [7, 11) is 0. The van der Waals surface area contributed by atoms with Crippen molar-refractivity contribution in [3.8, 4) is 11.5 Å². The highest BCUT2D eigenvalue weighted by Gasteiger charge is 2.33. The number of aromatic nitrogens is 1. The Morgan fingerprint density at radius 1 is 1.16 bits per heavy atom. The SMILES string of the molecule is CCOC(=O)C1=C(C)N=c2s/c(=C\C3=Cc4ccccc4O[C@H]3C)c(=O)n2[C@H]1c1ccc(OC(C)=O)cc1. The topological polar surface area (TPSA) is 96.2 Å². The molecule has 194 valence electrons. The highest BCUT2D eigenvalue weighted by Crippen LogP contribution is 2.32. The Kier molecular flexibility index (Phi) is 6.86. The summed E-state index contributed by atoms with van der Waals surface area (Å²) in [4.78, 5) is 43.3. The predicted octanol–water partition coefficient (Wildman–Crippen LogP) is 3.54. The number of hydrogen-bond donors (Lipinski definition) is 0. The molecule has 0 saturated heterocycles. The summed E-state index contributed by atoms with van der Waals surface area (Å²) in [5.74, 6) is 0.188. The molecule has 2 atom stereocenters. The van der Waals surface area contributed by atoms with E-state index in [0.717, 1.165) is 16.9 Å². The van der Waals surface area contributed by atoms with Gasteiger partial charge < -0.3 is 14.2 Å². The van der Waals surface area contributed by atoms with Crippen molar-refractivity contribution in [1.29, 1.82) is 0 Å². The monoisotopic (exact) mass is 530 g/mol. The highest BCUT2D eigenvalue weighted by molar-refractivity contribution is 7.07. The van der Waals surface area contributed by atoms with Crippen molar-refractivity contribution in [2.75, 3.05) is 6.61 Å². The van der Waals surface area contributed by atoms with Crippen molar-refractivity contribution in [3.63, 3.8) is 0 Å². The van der Waals surface area contributed by atoms with E-state index in [2.05, 4.69) is 4.99 Å². The van der Waals surface area contributed by atoms with Crippen molar-refractivity contribution in [2.45, 2.75) is 39.8 Å². The minimum absolute atomic E-state index is 0.186. The largest absolute Gasteiger partial charge is 0.485 e. The van der Waals surface area contributed by atoms with Gasteiger partial charge in [-0.1, -0.05) is 41.7 Å². The fourth-order valence-electron chi connectivity index (χ4n) is 4.56. The molecule has 0 unspecified atom stereocenters. The molecule has 0 amide bonds. The van der Waals surface area contributed by atoms with Crippen LogP contribution in [-0.4, -0.2) is 29.2 Å². The molecule has 2 aliphatic rings. The number of para-hydroxylation sites is 1. The van der Waals surface area contributed by atoms with Gasteiger partial charge in [-0.05, 0) is 62.3 Å². The Balaban J connectivity index is 1.66. The smallest absolute Gasteiger partial charge is 0.338 e. The van der Waals surface area contributed by atoms with Gasteiger partial charge in [-0.15, -0.1) is 0 Å². The van der Waals surface area contributed by atoms with Crippen LogP contribution >= 0.6 is 11.3 Å². The zero-order valence-electron chi connectivity index (χ0n) is 21.4. The van der Waals surface area contributed by atoms with Crippen molar-refractivity contribution >= 4 is 35.4 Å². The molecule has 3 heterocycles. The summed E-state index contributed by atoms with van der Waals surface area (Å²) in [5.41, 5.74) is 2.95. The third-order valence-electron chi connectivity index (χ3n) is 6.29. The second-order valence-electron chi connectivity index (χ2n) is 8.91. The third kappa shape index (κ3) is 4.72. The molecule has 1 aromatic heterocycles. The lowest BCUT2D eigenvalue weighted by atomic mass is 9.96. The maximum Gasteiger partial charge on any atom is 0.338 e. The van der Waals surface area contributed by atoms with E-state index in [1.165, 1.54) is 22.8 Å². The van der Waals surface area contributed by atoms with Gasteiger partial charge in [0.1, 0.15) is 17.6 Å². The Labute approximate surface area is 222 Å². The molecule has 2 aromatic carbocycles. The van der Waals surface area contributed by atoms with Crippen LogP contribution in [0.25, 0.3) is 12.2 Å². The molecule has 0 saturated carbocycles. The zero-order valence-corrected chi connectivity index (χ0v) is 22.2. The molecule has 0 aliphatic carbocycles. The summed E-state index contributed by atoms with van der Waals surface area (Å²) in [5, 5.41) is 0. The van der Waals surface area contributed by atoms with E-state index < -0.39 is 18.0 Å². The molecular formula is C29H26N2O6S. The van der Waals surface area contributed by atoms with Crippen LogP contribution in [0.2, 0.25) is 0 Å². The third-order valence-corrected chi connectivity index (χ3v) is 7.27. The number of esters is 2. The molecule has 0 bridgehead atoms. The molecule has 0 spiro atoms. The number of rotatable bonds is 5. The molecule has 5 rings (SSSR count). The summed E-state index contributed by atoms with van der Waals surface area (Å²) >= 11 is 1.26. The van der Waals surface area contributed by atoms with Crippen LogP contribution in [-0.2, 0) is 14.3 Å². The van der Waals surface area contributed by atoms with Gasteiger partial charge in [0.25, 0.3) is 5.56 Å².